The molecular weight excluding hydrogens is 318 g/mol. The molecule has 25 heavy (non-hydrogen) atoms. The zero-order valence-corrected chi connectivity index (χ0v) is 15.5. The first-order valence-corrected chi connectivity index (χ1v) is 9.66. The zero-order chi connectivity index (χ0) is 18.1. The fourth-order valence-electron chi connectivity index (χ4n) is 3.58. The summed E-state index contributed by atoms with van der Waals surface area (Å²) in [5.41, 5.74) is 0. The zero-order valence-electron chi connectivity index (χ0n) is 15.5. The highest BCUT2D eigenvalue weighted by atomic mass is 16.5. The molecule has 1 aromatic heterocycles. The third-order valence-corrected chi connectivity index (χ3v) is 5.07. The van der Waals surface area contributed by atoms with Gasteiger partial charge in [-0.2, -0.15) is 0 Å². The van der Waals surface area contributed by atoms with Crippen LogP contribution in [0.4, 0.5) is 5.82 Å². The van der Waals surface area contributed by atoms with Crippen LogP contribution in [0.1, 0.15) is 71.6 Å². The molecule has 0 radical (unpaired) electrons. The maximum absolute atomic E-state index is 13.1. The number of anilines is 1. The highest BCUT2D eigenvalue weighted by Gasteiger charge is 2.31. The average Bonchev–Trinajstić information content (AvgIpc) is 3.13. The van der Waals surface area contributed by atoms with E-state index in [4.69, 9.17) is 4.52 Å². The fourth-order valence-corrected chi connectivity index (χ4v) is 3.58. The first kappa shape index (κ1) is 19.5. The maximum atomic E-state index is 13.1. The van der Waals surface area contributed by atoms with E-state index in [0.29, 0.717) is 5.82 Å². The minimum absolute atomic E-state index is 0.0155. The van der Waals surface area contributed by atoms with Gasteiger partial charge in [0.15, 0.2) is 5.82 Å². The lowest BCUT2D eigenvalue weighted by molar-refractivity contribution is -0.142. The van der Waals surface area contributed by atoms with Crippen LogP contribution >= 0.6 is 0 Å². The second kappa shape index (κ2) is 10.2. The molecule has 140 valence electrons. The van der Waals surface area contributed by atoms with Crippen molar-refractivity contribution in [3.05, 3.63) is 12.3 Å². The number of hydrogen-bond acceptors (Lipinski definition) is 4. The Hall–Kier alpha value is -1.85. The van der Waals surface area contributed by atoms with E-state index in [1.165, 1.54) is 12.7 Å². The summed E-state index contributed by atoms with van der Waals surface area (Å²) in [4.78, 5) is 27.4. The van der Waals surface area contributed by atoms with Gasteiger partial charge in [-0.1, -0.05) is 51.1 Å². The Morgan fingerprint density at radius 2 is 2.08 bits per heavy atom. The molecule has 1 atom stereocenters. The topological polar surface area (TPSA) is 75.4 Å². The lowest BCUT2D eigenvalue weighted by Gasteiger charge is -2.36. The third-order valence-electron chi connectivity index (χ3n) is 5.07. The van der Waals surface area contributed by atoms with E-state index in [9.17, 15) is 9.59 Å². The molecule has 1 saturated carbocycles. The summed E-state index contributed by atoms with van der Waals surface area (Å²) in [6, 6.07) is 1.78. The van der Waals surface area contributed by atoms with E-state index >= 15 is 0 Å². The van der Waals surface area contributed by atoms with Crippen molar-refractivity contribution >= 4 is 17.6 Å². The molecule has 6 heteroatoms. The van der Waals surface area contributed by atoms with Gasteiger partial charge in [0.2, 0.25) is 11.8 Å². The molecule has 1 aromatic rings. The molecule has 1 unspecified atom stereocenters. The predicted octanol–water partition coefficient (Wildman–Crippen LogP) is 3.99. The number of aromatic nitrogens is 1. The molecule has 0 bridgehead atoms. The van der Waals surface area contributed by atoms with Gasteiger partial charge in [-0.3, -0.25) is 9.59 Å². The summed E-state index contributed by atoms with van der Waals surface area (Å²) in [5.74, 6) is 0.331. The molecule has 1 aliphatic carbocycles. The molecule has 1 heterocycles. The summed E-state index contributed by atoms with van der Waals surface area (Å²) in [6.07, 6.45) is 10.7. The molecule has 6 nitrogen and oxygen atoms in total. The molecule has 1 aliphatic rings. The largest absolute Gasteiger partial charge is 0.363 e. The van der Waals surface area contributed by atoms with Crippen molar-refractivity contribution in [1.82, 2.24) is 10.1 Å². The van der Waals surface area contributed by atoms with Crippen LogP contribution in [0, 0.1) is 5.92 Å². The second-order valence-corrected chi connectivity index (χ2v) is 6.94. The molecule has 0 spiro atoms. The monoisotopic (exact) mass is 349 g/mol. The highest BCUT2D eigenvalue weighted by molar-refractivity contribution is 5.94. The van der Waals surface area contributed by atoms with Gasteiger partial charge in [0, 0.05) is 18.0 Å². The van der Waals surface area contributed by atoms with Crippen LogP contribution in [0.2, 0.25) is 0 Å². The van der Waals surface area contributed by atoms with Crippen molar-refractivity contribution in [3.8, 4) is 0 Å². The molecule has 1 fully saturated rings. The summed E-state index contributed by atoms with van der Waals surface area (Å²) in [5, 5.41) is 6.41. The van der Waals surface area contributed by atoms with Gasteiger partial charge in [0.05, 0.1) is 0 Å². The maximum Gasteiger partial charge on any atom is 0.245 e. The number of nitrogens with zero attached hydrogens (tertiary/aromatic N) is 2. The van der Waals surface area contributed by atoms with E-state index in [-0.39, 0.29) is 30.3 Å². The Kier molecular flexibility index (Phi) is 7.95. The molecule has 1 N–H and O–H groups in total. The Labute approximate surface area is 150 Å². The molecule has 2 amide bonds. The molecular formula is C19H31N3O3. The lowest BCUT2D eigenvalue weighted by atomic mass is 9.91. The summed E-state index contributed by atoms with van der Waals surface area (Å²) in [6.45, 7) is 4.30. The number of amides is 2. The smallest absolute Gasteiger partial charge is 0.245 e. The lowest BCUT2D eigenvalue weighted by Crippen LogP contribution is -2.48. The first-order chi connectivity index (χ1) is 12.2. The summed E-state index contributed by atoms with van der Waals surface area (Å²) >= 11 is 0. The number of rotatable bonds is 9. The van der Waals surface area contributed by atoms with Gasteiger partial charge in [0.1, 0.15) is 12.8 Å². The Morgan fingerprint density at radius 1 is 1.32 bits per heavy atom. The number of carbonyl (C=O) groups excluding carboxylic acids is 2. The number of carbonyl (C=O) groups is 2. The number of unbranched alkanes of at least 4 members (excludes halogenated alkanes) is 1. The quantitative estimate of drug-likeness (QED) is 0.731. The molecule has 0 saturated heterocycles. The van der Waals surface area contributed by atoms with Crippen molar-refractivity contribution in [2.45, 2.75) is 77.7 Å². The van der Waals surface area contributed by atoms with Gasteiger partial charge in [-0.15, -0.1) is 0 Å². The average molecular weight is 349 g/mol. The standard InChI is InChI=1S/C19H31N3O3/c1-3-5-9-15(4-2)19(24)22(16-10-7-6-8-11-16)14-18(23)20-17-12-13-25-21-17/h12-13,15-16H,3-11,14H2,1-2H3,(H,20,21,23). The third kappa shape index (κ3) is 5.87. The van der Waals surface area contributed by atoms with E-state index in [1.54, 1.807) is 6.07 Å². The molecule has 0 aromatic carbocycles. The molecule has 2 rings (SSSR count). The van der Waals surface area contributed by atoms with Crippen LogP contribution in [0.5, 0.6) is 0 Å². The molecule has 0 aliphatic heterocycles. The van der Waals surface area contributed by atoms with Crippen LogP contribution in [0.15, 0.2) is 16.9 Å². The Balaban J connectivity index is 2.05. The van der Waals surface area contributed by atoms with E-state index < -0.39 is 0 Å². The van der Waals surface area contributed by atoms with Crippen molar-refractivity contribution in [3.63, 3.8) is 0 Å². The van der Waals surface area contributed by atoms with Crippen molar-refractivity contribution in [1.29, 1.82) is 0 Å². The van der Waals surface area contributed by atoms with Crippen LogP contribution in [0.25, 0.3) is 0 Å². The van der Waals surface area contributed by atoms with Crippen LogP contribution in [0.3, 0.4) is 0 Å². The van der Waals surface area contributed by atoms with E-state index in [2.05, 4.69) is 24.3 Å². The van der Waals surface area contributed by atoms with Crippen LogP contribution < -0.4 is 5.32 Å². The van der Waals surface area contributed by atoms with Crippen molar-refractivity contribution < 1.29 is 14.1 Å². The summed E-state index contributed by atoms with van der Waals surface area (Å²) < 4.78 is 4.74. The number of hydrogen-bond donors (Lipinski definition) is 1. The Bertz CT molecular complexity index is 524. The predicted molar refractivity (Wildman–Crippen MR) is 97.0 cm³/mol. The van der Waals surface area contributed by atoms with Gasteiger partial charge >= 0.3 is 0 Å². The van der Waals surface area contributed by atoms with Crippen LogP contribution in [-0.2, 0) is 9.59 Å². The van der Waals surface area contributed by atoms with Gasteiger partial charge in [0.25, 0.3) is 0 Å². The van der Waals surface area contributed by atoms with Gasteiger partial charge in [-0.25, -0.2) is 0 Å². The summed E-state index contributed by atoms with van der Waals surface area (Å²) in [7, 11) is 0. The van der Waals surface area contributed by atoms with Crippen molar-refractivity contribution in [2.24, 2.45) is 5.92 Å². The van der Waals surface area contributed by atoms with Crippen molar-refractivity contribution in [2.75, 3.05) is 11.9 Å². The minimum Gasteiger partial charge on any atom is -0.363 e. The van der Waals surface area contributed by atoms with Gasteiger partial charge in [-0.05, 0) is 25.7 Å². The van der Waals surface area contributed by atoms with Crippen LogP contribution in [-0.4, -0.2) is 34.5 Å². The van der Waals surface area contributed by atoms with Gasteiger partial charge < -0.3 is 14.7 Å². The highest BCUT2D eigenvalue weighted by Crippen LogP contribution is 2.26. The SMILES string of the molecule is CCCCC(CC)C(=O)N(CC(=O)Nc1ccon1)C1CCCCC1. The van der Waals surface area contributed by atoms with E-state index in [0.717, 1.165) is 51.4 Å². The fraction of sp³-hybridized carbons (Fsp3) is 0.737. The number of nitrogens with one attached hydrogen (secondary N) is 1. The second-order valence-electron chi connectivity index (χ2n) is 6.94. The first-order valence-electron chi connectivity index (χ1n) is 9.66. The van der Waals surface area contributed by atoms with E-state index in [1.807, 2.05) is 4.90 Å². The Morgan fingerprint density at radius 3 is 2.68 bits per heavy atom. The minimum atomic E-state index is -0.210. The normalized spacial score (nSPS) is 16.4.